The van der Waals surface area contributed by atoms with Crippen molar-refractivity contribution >= 4 is 17.0 Å². The van der Waals surface area contributed by atoms with Crippen LogP contribution in [0.15, 0.2) is 36.4 Å². The maximum atomic E-state index is 13.5. The fourth-order valence-electron chi connectivity index (χ4n) is 4.94. The Kier molecular flexibility index (Phi) is 5.99. The van der Waals surface area contributed by atoms with Crippen LogP contribution in [0.25, 0.3) is 22.4 Å². The molecule has 0 aliphatic carbocycles. The highest BCUT2D eigenvalue weighted by Crippen LogP contribution is 2.35. The first-order chi connectivity index (χ1) is 17.9. The van der Waals surface area contributed by atoms with Crippen molar-refractivity contribution in [1.82, 2.24) is 24.6 Å². The van der Waals surface area contributed by atoms with Gasteiger partial charge in [-0.15, -0.1) is 0 Å². The smallest absolute Gasteiger partial charge is 0.408 e. The minimum absolute atomic E-state index is 0.191. The molecule has 192 valence electrons. The summed E-state index contributed by atoms with van der Waals surface area (Å²) in [5, 5.41) is 15.0. The molecule has 2 aromatic heterocycles. The molecular formula is C26H25F2N5O4. The number of hydrogen-bond acceptors (Lipinski definition) is 5. The number of fused-ring (bicyclic) bond motifs is 2. The van der Waals surface area contributed by atoms with Crippen LogP contribution in [0.5, 0.6) is 5.75 Å². The summed E-state index contributed by atoms with van der Waals surface area (Å²) in [7, 11) is 0. The summed E-state index contributed by atoms with van der Waals surface area (Å²) in [4.78, 5) is 20.5. The summed E-state index contributed by atoms with van der Waals surface area (Å²) in [5.74, 6) is -0.0849. The largest absolute Gasteiger partial charge is 0.493 e. The Morgan fingerprint density at radius 2 is 2.00 bits per heavy atom. The quantitative estimate of drug-likeness (QED) is 0.378. The predicted octanol–water partition coefficient (Wildman–Crippen LogP) is 5.02. The van der Waals surface area contributed by atoms with Gasteiger partial charge in [-0.25, -0.2) is 23.2 Å². The van der Waals surface area contributed by atoms with Crippen LogP contribution in [0.4, 0.5) is 13.6 Å². The number of aromatic amines is 1. The Morgan fingerprint density at radius 1 is 1.16 bits per heavy atom. The third-order valence-electron chi connectivity index (χ3n) is 6.74. The number of halogens is 2. The van der Waals surface area contributed by atoms with Crippen LogP contribution < -0.4 is 4.74 Å². The van der Waals surface area contributed by atoms with Gasteiger partial charge in [-0.05, 0) is 55.2 Å². The number of benzene rings is 2. The summed E-state index contributed by atoms with van der Waals surface area (Å²) in [6, 6.07) is 9.07. The zero-order valence-corrected chi connectivity index (χ0v) is 19.9. The lowest BCUT2D eigenvalue weighted by Gasteiger charge is -2.23. The number of imidazole rings is 1. The minimum atomic E-state index is -0.986. The Balaban J connectivity index is 1.30. The number of hydrogen-bond donors (Lipinski definition) is 2. The van der Waals surface area contributed by atoms with Crippen molar-refractivity contribution in [2.24, 2.45) is 0 Å². The minimum Gasteiger partial charge on any atom is -0.493 e. The lowest BCUT2D eigenvalue weighted by Crippen LogP contribution is -2.23. The summed E-state index contributed by atoms with van der Waals surface area (Å²) in [6.45, 7) is 1.38. The summed E-state index contributed by atoms with van der Waals surface area (Å²) < 4.78 is 40.8. The third kappa shape index (κ3) is 4.62. The number of carboxylic acid groups (broad SMARTS) is 1. The number of ether oxygens (including phenoxy) is 2. The normalized spacial score (nSPS) is 17.4. The van der Waals surface area contributed by atoms with Gasteiger partial charge in [0.05, 0.1) is 36.6 Å². The Bertz CT molecular complexity index is 1430. The molecule has 37 heavy (non-hydrogen) atoms. The van der Waals surface area contributed by atoms with Gasteiger partial charge in [0.2, 0.25) is 0 Å². The van der Waals surface area contributed by atoms with Crippen molar-refractivity contribution < 1.29 is 28.2 Å². The average molecular weight is 510 g/mol. The maximum absolute atomic E-state index is 13.5. The van der Waals surface area contributed by atoms with Gasteiger partial charge < -0.3 is 19.6 Å². The molecule has 4 aromatic rings. The maximum Gasteiger partial charge on any atom is 0.408 e. The molecule has 2 aliphatic heterocycles. The van der Waals surface area contributed by atoms with E-state index in [1.807, 2.05) is 22.9 Å². The second-order valence-corrected chi connectivity index (χ2v) is 9.32. The van der Waals surface area contributed by atoms with Crippen molar-refractivity contribution in [2.45, 2.75) is 45.0 Å². The van der Waals surface area contributed by atoms with Crippen molar-refractivity contribution in [3.05, 3.63) is 65.0 Å². The van der Waals surface area contributed by atoms with E-state index in [9.17, 15) is 18.7 Å². The molecule has 2 N–H and O–H groups in total. The van der Waals surface area contributed by atoms with E-state index >= 15 is 0 Å². The summed E-state index contributed by atoms with van der Waals surface area (Å²) in [5.41, 5.74) is 3.44. The number of rotatable bonds is 6. The number of carbonyl (C=O) groups is 1. The Hall–Kier alpha value is -3.99. The fraction of sp³-hybridized carbons (Fsp3) is 0.346. The molecule has 9 nitrogen and oxygen atoms in total. The number of H-pyrrole nitrogens is 1. The topological polar surface area (TPSA) is 106 Å². The molecule has 1 saturated heterocycles. The second kappa shape index (κ2) is 9.47. The standard InChI is InChI=1S/C26H25F2N5O4/c27-16-9-15(10-17(28)11-16)6-8-36-18-4-5-22-19(12-18)24(31-33(22)23-3-1-2-7-37-23)25-29-20-13-32(26(34)35)14-21(20)30-25/h4-5,9-12,23H,1-3,6-8,13-14H2,(H,29,30)(H,34,35). The van der Waals surface area contributed by atoms with E-state index in [2.05, 4.69) is 9.97 Å². The van der Waals surface area contributed by atoms with Crippen LogP contribution in [-0.4, -0.2) is 49.1 Å². The molecule has 1 amide bonds. The SMILES string of the molecule is O=C(O)N1Cc2nc(-c3nn(C4CCCCO4)c4ccc(OCCc5cc(F)cc(F)c5)cc34)[nH]c2C1. The molecule has 4 heterocycles. The molecule has 1 unspecified atom stereocenters. The molecule has 0 spiro atoms. The van der Waals surface area contributed by atoms with E-state index < -0.39 is 17.7 Å². The predicted molar refractivity (Wildman–Crippen MR) is 129 cm³/mol. The monoisotopic (exact) mass is 509 g/mol. The molecule has 1 atom stereocenters. The molecule has 2 aromatic carbocycles. The van der Waals surface area contributed by atoms with Crippen LogP contribution in [0, 0.1) is 11.6 Å². The lowest BCUT2D eigenvalue weighted by atomic mass is 10.1. The molecule has 0 radical (unpaired) electrons. The molecule has 6 rings (SSSR count). The van der Waals surface area contributed by atoms with Crippen LogP contribution in [-0.2, 0) is 24.2 Å². The van der Waals surface area contributed by atoms with Crippen LogP contribution in [0.2, 0.25) is 0 Å². The van der Waals surface area contributed by atoms with Gasteiger partial charge in [0.15, 0.2) is 12.1 Å². The number of aromatic nitrogens is 4. The van der Waals surface area contributed by atoms with Crippen molar-refractivity contribution in [3.63, 3.8) is 0 Å². The number of nitrogens with zero attached hydrogens (tertiary/aromatic N) is 4. The van der Waals surface area contributed by atoms with Gasteiger partial charge in [0.1, 0.15) is 23.1 Å². The van der Waals surface area contributed by atoms with Crippen molar-refractivity contribution in [2.75, 3.05) is 13.2 Å². The van der Waals surface area contributed by atoms with E-state index in [-0.39, 0.29) is 25.9 Å². The van der Waals surface area contributed by atoms with Gasteiger partial charge >= 0.3 is 6.09 Å². The first-order valence-corrected chi connectivity index (χ1v) is 12.2. The Morgan fingerprint density at radius 3 is 2.73 bits per heavy atom. The highest BCUT2D eigenvalue weighted by atomic mass is 19.1. The van der Waals surface area contributed by atoms with Gasteiger partial charge in [0.25, 0.3) is 0 Å². The molecule has 1 fully saturated rings. The van der Waals surface area contributed by atoms with Crippen LogP contribution >= 0.6 is 0 Å². The first-order valence-electron chi connectivity index (χ1n) is 12.2. The first kappa shape index (κ1) is 23.4. The van der Waals surface area contributed by atoms with Crippen LogP contribution in [0.3, 0.4) is 0 Å². The van der Waals surface area contributed by atoms with Crippen molar-refractivity contribution in [1.29, 1.82) is 0 Å². The highest BCUT2D eigenvalue weighted by Gasteiger charge is 2.29. The van der Waals surface area contributed by atoms with Gasteiger partial charge in [-0.3, -0.25) is 4.90 Å². The van der Waals surface area contributed by atoms with Crippen LogP contribution in [0.1, 0.15) is 42.4 Å². The Labute approximate surface area is 210 Å². The number of nitrogens with one attached hydrogen (secondary N) is 1. The van der Waals surface area contributed by atoms with E-state index in [1.165, 1.54) is 17.0 Å². The second-order valence-electron chi connectivity index (χ2n) is 9.32. The molecule has 0 bridgehead atoms. The fourth-order valence-corrected chi connectivity index (χ4v) is 4.94. The molecule has 11 heteroatoms. The molecular weight excluding hydrogens is 484 g/mol. The molecule has 2 aliphatic rings. The molecule has 0 saturated carbocycles. The average Bonchev–Trinajstić information content (AvgIpc) is 3.55. The van der Waals surface area contributed by atoms with Crippen molar-refractivity contribution in [3.8, 4) is 17.3 Å². The van der Waals surface area contributed by atoms with E-state index in [0.717, 1.165) is 41.9 Å². The summed E-state index contributed by atoms with van der Waals surface area (Å²) in [6.07, 6.45) is 2.08. The van der Waals surface area contributed by atoms with E-state index in [4.69, 9.17) is 14.6 Å². The third-order valence-corrected chi connectivity index (χ3v) is 6.74. The van der Waals surface area contributed by atoms with Gasteiger partial charge in [0, 0.05) is 24.5 Å². The number of amides is 1. The zero-order chi connectivity index (χ0) is 25.5. The summed E-state index contributed by atoms with van der Waals surface area (Å²) >= 11 is 0. The lowest BCUT2D eigenvalue weighted by molar-refractivity contribution is -0.0365. The van der Waals surface area contributed by atoms with E-state index in [1.54, 1.807) is 0 Å². The van der Waals surface area contributed by atoms with E-state index in [0.29, 0.717) is 41.6 Å². The van der Waals surface area contributed by atoms with Gasteiger partial charge in [-0.2, -0.15) is 5.10 Å². The van der Waals surface area contributed by atoms with Gasteiger partial charge in [-0.1, -0.05) is 0 Å². The highest BCUT2D eigenvalue weighted by molar-refractivity contribution is 5.93. The zero-order valence-electron chi connectivity index (χ0n) is 19.9.